The lowest BCUT2D eigenvalue weighted by molar-refractivity contribution is -0.137. The Labute approximate surface area is 224 Å². The van der Waals surface area contributed by atoms with Crippen LogP contribution in [0.2, 0.25) is 0 Å². The van der Waals surface area contributed by atoms with E-state index in [9.17, 15) is 18.0 Å². The summed E-state index contributed by atoms with van der Waals surface area (Å²) in [5.74, 6) is -0.0358. The summed E-state index contributed by atoms with van der Waals surface area (Å²) in [6, 6.07) is 14.1. The third-order valence-corrected chi connectivity index (χ3v) is 7.33. The van der Waals surface area contributed by atoms with Gasteiger partial charge in [0.05, 0.1) is 22.7 Å². The molecule has 1 aromatic heterocycles. The largest absolute Gasteiger partial charge is 0.490 e. The van der Waals surface area contributed by atoms with Gasteiger partial charge in [0.1, 0.15) is 5.75 Å². The molecule has 0 radical (unpaired) electrons. The zero-order valence-electron chi connectivity index (χ0n) is 21.7. The highest BCUT2D eigenvalue weighted by Gasteiger charge is 2.33. The van der Waals surface area contributed by atoms with Crippen molar-refractivity contribution in [2.24, 2.45) is 5.92 Å². The lowest BCUT2D eigenvalue weighted by atomic mass is 9.98. The molecular formula is C30H29F3N4O2. The SMILES string of the molecule is Cc1ccc(NC(=O)c2cc(C(F)(F)F)ccc2O[C@H](C)C2CCCC2)cc1-c1ccc2nc(N)ncc2c1. The van der Waals surface area contributed by atoms with Gasteiger partial charge < -0.3 is 15.8 Å². The molecule has 1 heterocycles. The fraction of sp³-hybridized carbons (Fsp3) is 0.300. The third kappa shape index (κ3) is 5.82. The van der Waals surface area contributed by atoms with Gasteiger partial charge in [0.15, 0.2) is 0 Å². The zero-order valence-corrected chi connectivity index (χ0v) is 21.7. The summed E-state index contributed by atoms with van der Waals surface area (Å²) in [7, 11) is 0. The lowest BCUT2D eigenvalue weighted by Gasteiger charge is -2.23. The van der Waals surface area contributed by atoms with Crippen LogP contribution in [0.25, 0.3) is 22.0 Å². The van der Waals surface area contributed by atoms with Crippen LogP contribution in [0.5, 0.6) is 5.75 Å². The highest BCUT2D eigenvalue weighted by molar-refractivity contribution is 6.06. The molecule has 0 bridgehead atoms. The van der Waals surface area contributed by atoms with E-state index in [1.807, 2.05) is 38.1 Å². The number of nitrogens with zero attached hydrogens (tertiary/aromatic N) is 2. The van der Waals surface area contributed by atoms with Crippen LogP contribution in [0.1, 0.15) is 54.1 Å². The average Bonchev–Trinajstić information content (AvgIpc) is 3.44. The molecule has 0 saturated heterocycles. The number of amides is 1. The Morgan fingerprint density at radius 2 is 1.85 bits per heavy atom. The molecule has 39 heavy (non-hydrogen) atoms. The van der Waals surface area contributed by atoms with E-state index in [4.69, 9.17) is 10.5 Å². The first-order valence-corrected chi connectivity index (χ1v) is 12.9. The number of carbonyl (C=O) groups excluding carboxylic acids is 1. The lowest BCUT2D eigenvalue weighted by Crippen LogP contribution is -2.23. The second kappa shape index (κ2) is 10.6. The molecule has 0 aliphatic heterocycles. The number of aryl methyl sites for hydroxylation is 1. The van der Waals surface area contributed by atoms with Crippen LogP contribution in [-0.4, -0.2) is 22.0 Å². The van der Waals surface area contributed by atoms with E-state index in [-0.39, 0.29) is 23.4 Å². The standard InChI is InChI=1S/C30H29F3N4O2/c1-17-7-10-23(15-24(17)20-8-11-26-21(13-20)16-35-29(34)37-26)36-28(38)25-14-22(30(31,32)33)9-12-27(25)39-18(2)19-5-3-4-6-19/h7-16,18-19H,3-6H2,1-2H3,(H,36,38)(H2,34,35,37)/t18-/m1/s1. The maximum absolute atomic E-state index is 13.5. The number of alkyl halides is 3. The fourth-order valence-electron chi connectivity index (χ4n) is 5.13. The first-order valence-electron chi connectivity index (χ1n) is 12.9. The van der Waals surface area contributed by atoms with Crippen LogP contribution >= 0.6 is 0 Å². The number of nitrogen functional groups attached to an aromatic ring is 1. The predicted molar refractivity (Wildman–Crippen MR) is 146 cm³/mol. The van der Waals surface area contributed by atoms with Crippen molar-refractivity contribution < 1.29 is 22.7 Å². The first-order chi connectivity index (χ1) is 18.6. The molecule has 1 atom stereocenters. The number of aromatic nitrogens is 2. The zero-order chi connectivity index (χ0) is 27.7. The van der Waals surface area contributed by atoms with E-state index in [0.717, 1.165) is 59.9 Å². The van der Waals surface area contributed by atoms with E-state index in [1.165, 1.54) is 6.07 Å². The normalized spacial score (nSPS) is 14.9. The molecule has 1 fully saturated rings. The van der Waals surface area contributed by atoms with Crippen LogP contribution in [0.15, 0.2) is 60.8 Å². The van der Waals surface area contributed by atoms with Crippen molar-refractivity contribution in [3.8, 4) is 16.9 Å². The van der Waals surface area contributed by atoms with Gasteiger partial charge in [-0.3, -0.25) is 4.79 Å². The number of benzene rings is 3. The monoisotopic (exact) mass is 534 g/mol. The number of hydrogen-bond acceptors (Lipinski definition) is 5. The number of ether oxygens (including phenoxy) is 1. The molecule has 1 aliphatic carbocycles. The molecule has 1 amide bonds. The number of anilines is 2. The van der Waals surface area contributed by atoms with Crippen molar-refractivity contribution in [1.29, 1.82) is 0 Å². The Morgan fingerprint density at radius 1 is 1.08 bits per heavy atom. The molecule has 202 valence electrons. The van der Waals surface area contributed by atoms with Gasteiger partial charge in [0.2, 0.25) is 5.95 Å². The quantitative estimate of drug-likeness (QED) is 0.269. The van der Waals surface area contributed by atoms with E-state index in [0.29, 0.717) is 17.1 Å². The maximum Gasteiger partial charge on any atom is 0.416 e. The number of hydrogen-bond donors (Lipinski definition) is 2. The molecule has 0 spiro atoms. The molecule has 3 aromatic carbocycles. The smallest absolute Gasteiger partial charge is 0.416 e. The molecule has 5 rings (SSSR count). The average molecular weight is 535 g/mol. The Bertz CT molecular complexity index is 1530. The minimum absolute atomic E-state index is 0.140. The summed E-state index contributed by atoms with van der Waals surface area (Å²) in [4.78, 5) is 21.6. The Hall–Kier alpha value is -4.14. The van der Waals surface area contributed by atoms with Crippen molar-refractivity contribution in [3.63, 3.8) is 0 Å². The van der Waals surface area contributed by atoms with E-state index >= 15 is 0 Å². The number of carbonyl (C=O) groups is 1. The molecule has 3 N–H and O–H groups in total. The van der Waals surface area contributed by atoms with Crippen molar-refractivity contribution >= 4 is 28.4 Å². The van der Waals surface area contributed by atoms with Crippen LogP contribution in [-0.2, 0) is 6.18 Å². The van der Waals surface area contributed by atoms with Crippen molar-refractivity contribution in [1.82, 2.24) is 9.97 Å². The topological polar surface area (TPSA) is 90.1 Å². The third-order valence-electron chi connectivity index (χ3n) is 7.33. The molecule has 6 nitrogen and oxygen atoms in total. The van der Waals surface area contributed by atoms with Crippen LogP contribution < -0.4 is 15.8 Å². The summed E-state index contributed by atoms with van der Waals surface area (Å²) < 4.78 is 46.7. The molecule has 9 heteroatoms. The summed E-state index contributed by atoms with van der Waals surface area (Å²) in [5, 5.41) is 3.58. The number of rotatable bonds is 6. The van der Waals surface area contributed by atoms with E-state index < -0.39 is 17.6 Å². The fourth-order valence-corrected chi connectivity index (χ4v) is 5.13. The maximum atomic E-state index is 13.5. The second-order valence-electron chi connectivity index (χ2n) is 10.1. The summed E-state index contributed by atoms with van der Waals surface area (Å²) in [5.41, 5.74) is 8.45. The van der Waals surface area contributed by atoms with Crippen molar-refractivity contribution in [3.05, 3.63) is 77.5 Å². The molecule has 4 aromatic rings. The van der Waals surface area contributed by atoms with Crippen LogP contribution in [0, 0.1) is 12.8 Å². The number of halogens is 3. The Morgan fingerprint density at radius 3 is 2.59 bits per heavy atom. The van der Waals surface area contributed by atoms with Crippen LogP contribution in [0.3, 0.4) is 0 Å². The van der Waals surface area contributed by atoms with Gasteiger partial charge in [-0.25, -0.2) is 9.97 Å². The first kappa shape index (κ1) is 26.5. The minimum Gasteiger partial charge on any atom is -0.490 e. The number of nitrogens with two attached hydrogens (primary N) is 1. The van der Waals surface area contributed by atoms with Gasteiger partial charge in [-0.15, -0.1) is 0 Å². The van der Waals surface area contributed by atoms with Gasteiger partial charge >= 0.3 is 6.18 Å². The summed E-state index contributed by atoms with van der Waals surface area (Å²) in [6.07, 6.45) is 1.05. The van der Waals surface area contributed by atoms with Gasteiger partial charge in [0, 0.05) is 17.3 Å². The van der Waals surface area contributed by atoms with Gasteiger partial charge in [-0.1, -0.05) is 25.0 Å². The Kier molecular flexibility index (Phi) is 7.16. The number of fused-ring (bicyclic) bond motifs is 1. The molecular weight excluding hydrogens is 505 g/mol. The van der Waals surface area contributed by atoms with Crippen molar-refractivity contribution in [2.75, 3.05) is 11.1 Å². The van der Waals surface area contributed by atoms with Crippen molar-refractivity contribution in [2.45, 2.75) is 51.8 Å². The summed E-state index contributed by atoms with van der Waals surface area (Å²) in [6.45, 7) is 3.85. The molecule has 1 saturated carbocycles. The second-order valence-corrected chi connectivity index (χ2v) is 10.1. The van der Waals surface area contributed by atoms with Crippen LogP contribution in [0.4, 0.5) is 24.8 Å². The molecule has 1 aliphatic rings. The highest BCUT2D eigenvalue weighted by Crippen LogP contribution is 2.36. The minimum atomic E-state index is -4.59. The van der Waals surface area contributed by atoms with Gasteiger partial charge in [-0.2, -0.15) is 13.2 Å². The van der Waals surface area contributed by atoms with E-state index in [2.05, 4.69) is 15.3 Å². The van der Waals surface area contributed by atoms with Gasteiger partial charge in [-0.05, 0) is 91.8 Å². The molecule has 0 unspecified atom stereocenters. The predicted octanol–water partition coefficient (Wildman–Crippen LogP) is 7.42. The highest BCUT2D eigenvalue weighted by atomic mass is 19.4. The van der Waals surface area contributed by atoms with E-state index in [1.54, 1.807) is 18.3 Å². The number of nitrogens with one attached hydrogen (secondary N) is 1. The summed E-state index contributed by atoms with van der Waals surface area (Å²) >= 11 is 0. The Balaban J connectivity index is 1.45. The van der Waals surface area contributed by atoms with Gasteiger partial charge in [0.25, 0.3) is 5.91 Å².